The molecular weight excluding hydrogens is 549 g/mol. The molecule has 0 saturated heterocycles. The lowest BCUT2D eigenvalue weighted by molar-refractivity contribution is -0.192. The number of carbonyl (C=O) groups is 5. The molecule has 40 heavy (non-hydrogen) atoms. The first-order chi connectivity index (χ1) is 18.6. The fraction of sp³-hybridized carbons (Fsp3) is 0.217. The number of alkyl halides is 3. The molecule has 17 heteroatoms. The van der Waals surface area contributed by atoms with Crippen LogP contribution in [0, 0.1) is 5.41 Å². The van der Waals surface area contributed by atoms with Gasteiger partial charge in [0.25, 0.3) is 5.91 Å². The Hall–Kier alpha value is -5.35. The second-order valence-corrected chi connectivity index (χ2v) is 7.80. The summed E-state index contributed by atoms with van der Waals surface area (Å²) in [7, 11) is 0. The van der Waals surface area contributed by atoms with E-state index in [2.05, 4.69) is 10.6 Å². The zero-order valence-corrected chi connectivity index (χ0v) is 20.1. The van der Waals surface area contributed by atoms with Gasteiger partial charge in [-0.3, -0.25) is 15.0 Å². The molecule has 1 amide bonds. The number of carboxylic acids is 3. The first-order valence-electron chi connectivity index (χ1n) is 10.9. The standard InChI is InChI=1S/C21H20N4O8.C2HF3O2/c22-21(23)24-11-4-5-12-10(8-11)6-7-32-17-13(2-1-3-15(17)33-20(12)31)18(28)25-14(19(29)30)9-16(26)27;3-2(4,5)1(6)7/h1-5,8,14H,6-7,9H2,(H,25,28)(H,26,27)(H,29,30)(H4,22,23,24);(H,6,7)/t14-;/m0./s1. The van der Waals surface area contributed by atoms with Gasteiger partial charge in [-0.05, 0) is 35.9 Å². The van der Waals surface area contributed by atoms with Gasteiger partial charge in [-0.2, -0.15) is 13.2 Å². The van der Waals surface area contributed by atoms with Gasteiger partial charge in [0.1, 0.15) is 6.04 Å². The van der Waals surface area contributed by atoms with Crippen LogP contribution in [0.5, 0.6) is 11.5 Å². The van der Waals surface area contributed by atoms with Gasteiger partial charge in [0, 0.05) is 12.1 Å². The van der Waals surface area contributed by atoms with Gasteiger partial charge in [0.15, 0.2) is 17.5 Å². The third-order valence-corrected chi connectivity index (χ3v) is 4.87. The molecule has 0 spiro atoms. The molecule has 0 aliphatic carbocycles. The number of hydrogen-bond acceptors (Lipinski definition) is 8. The average Bonchev–Trinajstić information content (AvgIpc) is 2.89. The summed E-state index contributed by atoms with van der Waals surface area (Å²) in [5.41, 5.74) is 6.51. The summed E-state index contributed by atoms with van der Waals surface area (Å²) in [6.07, 6.45) is -5.66. The Balaban J connectivity index is 0.000000708. The van der Waals surface area contributed by atoms with Crippen molar-refractivity contribution in [2.75, 3.05) is 11.9 Å². The fourth-order valence-electron chi connectivity index (χ4n) is 3.19. The molecule has 0 fully saturated rings. The molecule has 8 N–H and O–H groups in total. The summed E-state index contributed by atoms with van der Waals surface area (Å²) in [4.78, 5) is 56.6. The van der Waals surface area contributed by atoms with Crippen molar-refractivity contribution in [3.05, 3.63) is 53.1 Å². The van der Waals surface area contributed by atoms with Gasteiger partial charge in [0.2, 0.25) is 0 Å². The Morgan fingerprint density at radius 2 is 1.75 bits per heavy atom. The van der Waals surface area contributed by atoms with Crippen LogP contribution in [0.3, 0.4) is 0 Å². The largest absolute Gasteiger partial charge is 0.490 e. The van der Waals surface area contributed by atoms with Gasteiger partial charge >= 0.3 is 30.1 Å². The maximum absolute atomic E-state index is 12.8. The minimum atomic E-state index is -5.08. The minimum Gasteiger partial charge on any atom is -0.488 e. The lowest BCUT2D eigenvalue weighted by Gasteiger charge is -2.16. The predicted molar refractivity (Wildman–Crippen MR) is 127 cm³/mol. The van der Waals surface area contributed by atoms with E-state index in [0.29, 0.717) is 11.3 Å². The summed E-state index contributed by atoms with van der Waals surface area (Å²) in [6, 6.07) is 7.17. The molecule has 1 heterocycles. The van der Waals surface area contributed by atoms with E-state index in [4.69, 9.17) is 35.6 Å². The average molecular weight is 570 g/mol. The summed E-state index contributed by atoms with van der Waals surface area (Å²) < 4.78 is 42.9. The van der Waals surface area contributed by atoms with Crippen LogP contribution in [-0.2, 0) is 20.8 Å². The highest BCUT2D eigenvalue weighted by molar-refractivity contribution is 6.01. The summed E-state index contributed by atoms with van der Waals surface area (Å²) >= 11 is 0. The number of fused-ring (bicyclic) bond motifs is 2. The van der Waals surface area contributed by atoms with E-state index in [-0.39, 0.29) is 41.6 Å². The molecule has 214 valence electrons. The van der Waals surface area contributed by atoms with Crippen LogP contribution < -0.4 is 25.8 Å². The molecule has 1 aliphatic rings. The Bertz CT molecular complexity index is 1350. The molecule has 0 unspecified atom stereocenters. The van der Waals surface area contributed by atoms with E-state index in [1.807, 2.05) is 0 Å². The monoisotopic (exact) mass is 570 g/mol. The Morgan fingerprint density at radius 3 is 2.30 bits per heavy atom. The summed E-state index contributed by atoms with van der Waals surface area (Å²) in [5, 5.41) is 37.3. The van der Waals surface area contributed by atoms with Gasteiger partial charge in [-0.25, -0.2) is 14.4 Å². The van der Waals surface area contributed by atoms with Crippen molar-refractivity contribution in [2.45, 2.75) is 25.1 Å². The fourth-order valence-corrected chi connectivity index (χ4v) is 3.19. The Labute approximate surface area is 222 Å². The number of amides is 1. The van der Waals surface area contributed by atoms with Crippen molar-refractivity contribution < 1.29 is 61.9 Å². The van der Waals surface area contributed by atoms with Crippen molar-refractivity contribution in [1.29, 1.82) is 5.41 Å². The maximum atomic E-state index is 12.8. The van der Waals surface area contributed by atoms with Gasteiger partial charge in [-0.15, -0.1) is 0 Å². The van der Waals surface area contributed by atoms with E-state index in [1.54, 1.807) is 12.1 Å². The number of ether oxygens (including phenoxy) is 2. The molecule has 0 saturated carbocycles. The van der Waals surface area contributed by atoms with Crippen molar-refractivity contribution in [3.63, 3.8) is 0 Å². The van der Waals surface area contributed by atoms with Crippen molar-refractivity contribution in [2.24, 2.45) is 5.73 Å². The number of guanidine groups is 1. The van der Waals surface area contributed by atoms with Crippen LogP contribution in [0.4, 0.5) is 18.9 Å². The quantitative estimate of drug-likeness (QED) is 0.113. The van der Waals surface area contributed by atoms with Crippen molar-refractivity contribution >= 4 is 41.4 Å². The van der Waals surface area contributed by atoms with Crippen LogP contribution in [0.25, 0.3) is 0 Å². The maximum Gasteiger partial charge on any atom is 0.490 e. The van der Waals surface area contributed by atoms with Gasteiger partial charge < -0.3 is 41.2 Å². The molecule has 0 aromatic heterocycles. The first kappa shape index (κ1) is 30.9. The lowest BCUT2D eigenvalue weighted by Crippen LogP contribution is -2.42. The molecule has 0 radical (unpaired) electrons. The number of nitrogens with one attached hydrogen (secondary N) is 3. The number of carbonyl (C=O) groups excluding carboxylic acids is 2. The van der Waals surface area contributed by atoms with E-state index in [9.17, 15) is 37.5 Å². The van der Waals surface area contributed by atoms with Crippen molar-refractivity contribution in [3.8, 4) is 11.5 Å². The first-order valence-corrected chi connectivity index (χ1v) is 10.9. The molecule has 14 nitrogen and oxygen atoms in total. The van der Waals surface area contributed by atoms with E-state index < -0.39 is 48.4 Å². The molecule has 3 rings (SSSR count). The second kappa shape index (κ2) is 12.9. The number of anilines is 1. The Morgan fingerprint density at radius 1 is 1.10 bits per heavy atom. The highest BCUT2D eigenvalue weighted by Gasteiger charge is 2.38. The molecular formula is C23H21F3N4O10. The van der Waals surface area contributed by atoms with E-state index >= 15 is 0 Å². The molecule has 0 bridgehead atoms. The smallest absolute Gasteiger partial charge is 0.488 e. The van der Waals surface area contributed by atoms with Crippen LogP contribution >= 0.6 is 0 Å². The highest BCUT2D eigenvalue weighted by atomic mass is 19.4. The number of hydrogen-bond donors (Lipinski definition) is 7. The summed E-state index contributed by atoms with van der Waals surface area (Å²) in [6.45, 7) is 0.0297. The highest BCUT2D eigenvalue weighted by Crippen LogP contribution is 2.34. The molecule has 1 atom stereocenters. The normalized spacial score (nSPS) is 13.0. The number of carboxylic acid groups (broad SMARTS) is 3. The number of halogens is 3. The zero-order valence-electron chi connectivity index (χ0n) is 20.1. The lowest BCUT2D eigenvalue weighted by atomic mass is 10.0. The number of nitrogens with two attached hydrogens (primary N) is 1. The number of rotatable bonds is 6. The minimum absolute atomic E-state index is 0.0297. The molecule has 2 aromatic carbocycles. The molecule has 1 aliphatic heterocycles. The van der Waals surface area contributed by atoms with Gasteiger partial charge in [-0.1, -0.05) is 6.07 Å². The number of aliphatic carboxylic acids is 3. The van der Waals surface area contributed by atoms with Crippen LogP contribution in [0.15, 0.2) is 36.4 Å². The third kappa shape index (κ3) is 8.61. The zero-order chi connectivity index (χ0) is 30.2. The Kier molecular flexibility index (Phi) is 9.99. The topological polar surface area (TPSA) is 238 Å². The molecule has 2 aromatic rings. The van der Waals surface area contributed by atoms with Crippen LogP contribution in [0.1, 0.15) is 32.7 Å². The second-order valence-electron chi connectivity index (χ2n) is 7.80. The number of para-hydroxylation sites is 1. The van der Waals surface area contributed by atoms with Crippen molar-refractivity contribution in [1.82, 2.24) is 5.32 Å². The van der Waals surface area contributed by atoms with Crippen LogP contribution in [0.2, 0.25) is 0 Å². The summed E-state index contributed by atoms with van der Waals surface area (Å²) in [5.74, 6) is -7.70. The SMILES string of the molecule is N=C(N)Nc1ccc2c(c1)CCOc1c(cccc1C(=O)N[C@@H](CC(=O)O)C(=O)O)OC2=O.O=C(O)C(F)(F)F. The van der Waals surface area contributed by atoms with E-state index in [0.717, 1.165) is 0 Å². The predicted octanol–water partition coefficient (Wildman–Crippen LogP) is 1.44. The number of benzene rings is 2. The van der Waals surface area contributed by atoms with Gasteiger partial charge in [0.05, 0.1) is 24.2 Å². The van der Waals surface area contributed by atoms with E-state index in [1.165, 1.54) is 24.3 Å². The third-order valence-electron chi connectivity index (χ3n) is 4.87. The van der Waals surface area contributed by atoms with Crippen LogP contribution in [-0.4, -0.2) is 69.9 Å². The number of esters is 1.